The van der Waals surface area contributed by atoms with E-state index in [0.717, 1.165) is 45.1 Å². The summed E-state index contributed by atoms with van der Waals surface area (Å²) < 4.78 is 1.94. The first-order valence-corrected chi connectivity index (χ1v) is 8.58. The maximum Gasteiger partial charge on any atom is 0.0666 e. The Morgan fingerprint density at radius 3 is 3.00 bits per heavy atom. The van der Waals surface area contributed by atoms with Crippen molar-refractivity contribution in [1.29, 1.82) is 0 Å². The average molecular weight is 313 g/mol. The first-order chi connectivity index (χ1) is 11.2. The summed E-state index contributed by atoms with van der Waals surface area (Å²) in [5.41, 5.74) is 3.85. The van der Waals surface area contributed by atoms with Crippen molar-refractivity contribution < 1.29 is 0 Å². The van der Waals surface area contributed by atoms with Crippen LogP contribution in [0.1, 0.15) is 30.2 Å². The van der Waals surface area contributed by atoms with Gasteiger partial charge >= 0.3 is 0 Å². The van der Waals surface area contributed by atoms with Crippen molar-refractivity contribution in [2.24, 2.45) is 13.0 Å². The molecule has 23 heavy (non-hydrogen) atoms. The molecule has 2 aromatic rings. The zero-order valence-corrected chi connectivity index (χ0v) is 14.2. The molecule has 1 N–H and O–H groups in total. The molecule has 3 rings (SSSR count). The van der Waals surface area contributed by atoms with Crippen LogP contribution in [0, 0.1) is 5.92 Å². The number of aryl methyl sites for hydroxylation is 2. The van der Waals surface area contributed by atoms with Crippen LogP contribution in [0.3, 0.4) is 0 Å². The molecular formula is C18H27N5. The van der Waals surface area contributed by atoms with Gasteiger partial charge in [0.2, 0.25) is 0 Å². The fraction of sp³-hybridized carbons (Fsp3) is 0.556. The summed E-state index contributed by atoms with van der Waals surface area (Å²) in [6.07, 6.45) is 8.25. The van der Waals surface area contributed by atoms with Gasteiger partial charge in [-0.15, -0.1) is 0 Å². The Morgan fingerprint density at radius 2 is 2.30 bits per heavy atom. The standard InChI is InChI=1S/C18H27N5/c1-3-18-17(13-22(2)21-18)14-23(12-16-6-8-20-10-16)11-15-5-4-7-19-9-15/h4-5,7,9,13,16,20H,3,6,8,10-12,14H2,1-2H3. The van der Waals surface area contributed by atoms with E-state index in [0.29, 0.717) is 0 Å². The minimum atomic E-state index is 0.744. The summed E-state index contributed by atoms with van der Waals surface area (Å²) in [6.45, 7) is 7.50. The summed E-state index contributed by atoms with van der Waals surface area (Å²) in [6, 6.07) is 4.18. The lowest BCUT2D eigenvalue weighted by Gasteiger charge is -2.25. The lowest BCUT2D eigenvalue weighted by atomic mass is 10.1. The highest BCUT2D eigenvalue weighted by atomic mass is 15.3. The normalized spacial score (nSPS) is 18.0. The lowest BCUT2D eigenvalue weighted by molar-refractivity contribution is 0.220. The molecule has 1 aliphatic heterocycles. The predicted molar refractivity (Wildman–Crippen MR) is 91.9 cm³/mol. The zero-order chi connectivity index (χ0) is 16.1. The van der Waals surface area contributed by atoms with Gasteiger partial charge in [0.15, 0.2) is 0 Å². The molecule has 5 heteroatoms. The molecule has 1 saturated heterocycles. The minimum Gasteiger partial charge on any atom is -0.316 e. The van der Waals surface area contributed by atoms with Gasteiger partial charge in [0.05, 0.1) is 5.69 Å². The Labute approximate surface area is 138 Å². The second kappa shape index (κ2) is 7.70. The highest BCUT2D eigenvalue weighted by molar-refractivity contribution is 5.17. The van der Waals surface area contributed by atoms with E-state index in [1.807, 2.05) is 30.2 Å². The molecule has 2 aromatic heterocycles. The lowest BCUT2D eigenvalue weighted by Crippen LogP contribution is -2.30. The van der Waals surface area contributed by atoms with Crippen molar-refractivity contribution in [3.63, 3.8) is 0 Å². The van der Waals surface area contributed by atoms with E-state index < -0.39 is 0 Å². The predicted octanol–water partition coefficient (Wildman–Crippen LogP) is 1.99. The second-order valence-corrected chi connectivity index (χ2v) is 6.52. The molecular weight excluding hydrogens is 286 g/mol. The number of aromatic nitrogens is 3. The molecule has 0 amide bonds. The van der Waals surface area contributed by atoms with Crippen LogP contribution in [0.2, 0.25) is 0 Å². The molecule has 0 aliphatic carbocycles. The summed E-state index contributed by atoms with van der Waals surface area (Å²) in [7, 11) is 2.01. The van der Waals surface area contributed by atoms with E-state index in [-0.39, 0.29) is 0 Å². The fourth-order valence-electron chi connectivity index (χ4n) is 3.42. The molecule has 3 heterocycles. The van der Waals surface area contributed by atoms with Crippen LogP contribution in [0.25, 0.3) is 0 Å². The summed E-state index contributed by atoms with van der Waals surface area (Å²) in [4.78, 5) is 6.81. The van der Waals surface area contributed by atoms with Crippen molar-refractivity contribution >= 4 is 0 Å². The third-order valence-corrected chi connectivity index (χ3v) is 4.53. The molecule has 0 spiro atoms. The summed E-state index contributed by atoms with van der Waals surface area (Å²) in [5, 5.41) is 8.06. The van der Waals surface area contributed by atoms with Crippen molar-refractivity contribution in [2.75, 3.05) is 19.6 Å². The van der Waals surface area contributed by atoms with Gasteiger partial charge in [-0.25, -0.2) is 0 Å². The zero-order valence-electron chi connectivity index (χ0n) is 14.2. The molecule has 0 aromatic carbocycles. The van der Waals surface area contributed by atoms with Crippen molar-refractivity contribution in [2.45, 2.75) is 32.9 Å². The number of pyridine rings is 1. The number of nitrogens with zero attached hydrogens (tertiary/aromatic N) is 4. The number of nitrogens with one attached hydrogen (secondary N) is 1. The molecule has 0 saturated carbocycles. The van der Waals surface area contributed by atoms with Crippen molar-refractivity contribution in [3.05, 3.63) is 47.5 Å². The SMILES string of the molecule is CCc1nn(C)cc1CN(Cc1cccnc1)CC1CCNC1. The van der Waals surface area contributed by atoms with Gasteiger partial charge in [-0.1, -0.05) is 13.0 Å². The molecule has 1 aliphatic rings. The van der Waals surface area contributed by atoms with Gasteiger partial charge in [0.1, 0.15) is 0 Å². The highest BCUT2D eigenvalue weighted by Gasteiger charge is 2.20. The van der Waals surface area contributed by atoms with Gasteiger partial charge in [-0.2, -0.15) is 5.10 Å². The molecule has 0 bridgehead atoms. The Kier molecular flexibility index (Phi) is 5.41. The number of rotatable bonds is 7. The molecule has 1 fully saturated rings. The number of hydrogen-bond donors (Lipinski definition) is 1. The Morgan fingerprint density at radius 1 is 1.39 bits per heavy atom. The largest absolute Gasteiger partial charge is 0.316 e. The van der Waals surface area contributed by atoms with E-state index in [2.05, 4.69) is 39.5 Å². The third-order valence-electron chi connectivity index (χ3n) is 4.53. The van der Waals surface area contributed by atoms with E-state index in [9.17, 15) is 0 Å². The van der Waals surface area contributed by atoms with Gasteiger partial charge in [-0.05, 0) is 43.5 Å². The van der Waals surface area contributed by atoms with E-state index in [1.165, 1.54) is 23.2 Å². The van der Waals surface area contributed by atoms with Crippen LogP contribution in [-0.4, -0.2) is 39.3 Å². The second-order valence-electron chi connectivity index (χ2n) is 6.52. The Hall–Kier alpha value is -1.72. The van der Waals surface area contributed by atoms with Gasteiger partial charge in [0, 0.05) is 50.8 Å². The molecule has 0 radical (unpaired) electrons. The van der Waals surface area contributed by atoms with Gasteiger partial charge in [-0.3, -0.25) is 14.6 Å². The van der Waals surface area contributed by atoms with Crippen molar-refractivity contribution in [1.82, 2.24) is 25.0 Å². The number of hydrogen-bond acceptors (Lipinski definition) is 4. The van der Waals surface area contributed by atoms with E-state index in [1.54, 1.807) is 0 Å². The van der Waals surface area contributed by atoms with Crippen LogP contribution in [-0.2, 0) is 26.6 Å². The third kappa shape index (κ3) is 4.39. The molecule has 1 atom stereocenters. The highest BCUT2D eigenvalue weighted by Crippen LogP contribution is 2.17. The van der Waals surface area contributed by atoms with Crippen LogP contribution in [0.5, 0.6) is 0 Å². The van der Waals surface area contributed by atoms with Crippen LogP contribution in [0.15, 0.2) is 30.7 Å². The quantitative estimate of drug-likeness (QED) is 0.849. The first-order valence-electron chi connectivity index (χ1n) is 8.58. The Balaban J connectivity index is 1.73. The van der Waals surface area contributed by atoms with Crippen LogP contribution < -0.4 is 5.32 Å². The van der Waals surface area contributed by atoms with E-state index in [4.69, 9.17) is 0 Å². The maximum absolute atomic E-state index is 4.59. The van der Waals surface area contributed by atoms with Crippen LogP contribution in [0.4, 0.5) is 0 Å². The summed E-state index contributed by atoms with van der Waals surface area (Å²) >= 11 is 0. The molecule has 1 unspecified atom stereocenters. The maximum atomic E-state index is 4.59. The minimum absolute atomic E-state index is 0.744. The van der Waals surface area contributed by atoms with Gasteiger partial charge < -0.3 is 5.32 Å². The van der Waals surface area contributed by atoms with E-state index >= 15 is 0 Å². The van der Waals surface area contributed by atoms with Crippen molar-refractivity contribution in [3.8, 4) is 0 Å². The first kappa shape index (κ1) is 16.1. The van der Waals surface area contributed by atoms with Crippen LogP contribution >= 0.6 is 0 Å². The average Bonchev–Trinajstić information content (AvgIpc) is 3.17. The Bertz CT molecular complexity index is 601. The fourth-order valence-corrected chi connectivity index (χ4v) is 3.42. The van der Waals surface area contributed by atoms with Gasteiger partial charge in [0.25, 0.3) is 0 Å². The monoisotopic (exact) mass is 313 g/mol. The topological polar surface area (TPSA) is 46.0 Å². The smallest absolute Gasteiger partial charge is 0.0666 e. The molecule has 124 valence electrons. The summed E-state index contributed by atoms with van der Waals surface area (Å²) in [5.74, 6) is 0.744. The molecule has 5 nitrogen and oxygen atoms in total.